The molecule has 104 valence electrons. The molecule has 0 aromatic carbocycles. The zero-order chi connectivity index (χ0) is 13.1. The predicted octanol–water partition coefficient (Wildman–Crippen LogP) is 0.762. The van der Waals surface area contributed by atoms with Crippen molar-refractivity contribution in [1.29, 1.82) is 0 Å². The lowest BCUT2D eigenvalue weighted by molar-refractivity contribution is -0.133. The third-order valence-electron chi connectivity index (χ3n) is 4.41. The number of hydrogen-bond donors (Lipinski definition) is 1. The van der Waals surface area contributed by atoms with Gasteiger partial charge >= 0.3 is 0 Å². The van der Waals surface area contributed by atoms with Crippen LogP contribution in [0.1, 0.15) is 25.7 Å². The average Bonchev–Trinajstić information content (AvgIpc) is 2.59. The van der Waals surface area contributed by atoms with Gasteiger partial charge in [0.2, 0.25) is 5.91 Å². The van der Waals surface area contributed by atoms with E-state index < -0.39 is 0 Å². The van der Waals surface area contributed by atoms with Gasteiger partial charge in [0.25, 0.3) is 0 Å². The van der Waals surface area contributed by atoms with E-state index in [2.05, 4.69) is 18.2 Å². The van der Waals surface area contributed by atoms with E-state index in [1.54, 1.807) is 11.8 Å². The molecule has 2 N–H and O–H groups in total. The van der Waals surface area contributed by atoms with Crippen LogP contribution < -0.4 is 5.73 Å². The number of likely N-dealkylation sites (N-methyl/N-ethyl adjacent to an activating group) is 1. The summed E-state index contributed by atoms with van der Waals surface area (Å²) >= 11 is 1.75. The fourth-order valence-corrected chi connectivity index (χ4v) is 3.60. The highest BCUT2D eigenvalue weighted by atomic mass is 32.2. The number of amides is 1. The molecule has 3 atom stereocenters. The molecule has 4 nitrogen and oxygen atoms in total. The lowest BCUT2D eigenvalue weighted by Crippen LogP contribution is -2.47. The SMILES string of the molecule is CSCC[C@@H](N)C(=O)N1CCC2CCC(C1)N2C. The zero-order valence-electron chi connectivity index (χ0n) is 11.5. The molecule has 2 aliphatic rings. The Kier molecular flexibility index (Phi) is 4.92. The number of nitrogens with zero attached hydrogens (tertiary/aromatic N) is 2. The molecule has 0 spiro atoms. The van der Waals surface area contributed by atoms with E-state index >= 15 is 0 Å². The Morgan fingerprint density at radius 3 is 2.83 bits per heavy atom. The highest BCUT2D eigenvalue weighted by Crippen LogP contribution is 2.28. The number of carbonyl (C=O) groups is 1. The fourth-order valence-electron chi connectivity index (χ4n) is 3.11. The van der Waals surface area contributed by atoms with Gasteiger partial charge in [0.05, 0.1) is 6.04 Å². The van der Waals surface area contributed by atoms with Gasteiger partial charge in [-0.25, -0.2) is 0 Å². The second-order valence-corrected chi connectivity index (χ2v) is 6.50. The summed E-state index contributed by atoms with van der Waals surface area (Å²) in [5, 5.41) is 0. The second-order valence-electron chi connectivity index (χ2n) is 5.51. The fraction of sp³-hybridized carbons (Fsp3) is 0.923. The normalized spacial score (nSPS) is 30.3. The maximum Gasteiger partial charge on any atom is 0.239 e. The van der Waals surface area contributed by atoms with Crippen LogP contribution in [0.25, 0.3) is 0 Å². The number of likely N-dealkylation sites (tertiary alicyclic amines) is 1. The molecule has 1 amide bonds. The van der Waals surface area contributed by atoms with Crippen LogP contribution in [0.3, 0.4) is 0 Å². The van der Waals surface area contributed by atoms with Crippen molar-refractivity contribution in [2.45, 2.75) is 43.8 Å². The molecule has 2 heterocycles. The van der Waals surface area contributed by atoms with Gasteiger partial charge in [-0.05, 0) is 44.7 Å². The highest BCUT2D eigenvalue weighted by molar-refractivity contribution is 7.98. The first-order valence-electron chi connectivity index (χ1n) is 6.88. The summed E-state index contributed by atoms with van der Waals surface area (Å²) in [6.45, 7) is 1.76. The maximum atomic E-state index is 12.3. The molecule has 0 aliphatic carbocycles. The van der Waals surface area contributed by atoms with Crippen molar-refractivity contribution in [2.75, 3.05) is 32.1 Å². The maximum absolute atomic E-state index is 12.3. The highest BCUT2D eigenvalue weighted by Gasteiger charge is 2.36. The van der Waals surface area contributed by atoms with E-state index in [4.69, 9.17) is 5.73 Å². The van der Waals surface area contributed by atoms with Crippen LogP contribution >= 0.6 is 11.8 Å². The number of thioether (sulfide) groups is 1. The van der Waals surface area contributed by atoms with Crippen molar-refractivity contribution in [1.82, 2.24) is 9.80 Å². The molecule has 0 aromatic heterocycles. The molecule has 0 saturated carbocycles. The Morgan fingerprint density at radius 2 is 2.11 bits per heavy atom. The van der Waals surface area contributed by atoms with Gasteiger partial charge in [-0.1, -0.05) is 0 Å². The third kappa shape index (κ3) is 3.00. The van der Waals surface area contributed by atoms with E-state index in [0.29, 0.717) is 12.1 Å². The van der Waals surface area contributed by atoms with Crippen LogP contribution in [0.4, 0.5) is 0 Å². The smallest absolute Gasteiger partial charge is 0.239 e. The number of nitrogens with two attached hydrogens (primary N) is 1. The zero-order valence-corrected chi connectivity index (χ0v) is 12.3. The number of hydrogen-bond acceptors (Lipinski definition) is 4. The summed E-state index contributed by atoms with van der Waals surface area (Å²) in [4.78, 5) is 16.8. The molecule has 2 bridgehead atoms. The van der Waals surface area contributed by atoms with Gasteiger partial charge in [-0.15, -0.1) is 0 Å². The molecule has 2 unspecified atom stereocenters. The largest absolute Gasteiger partial charge is 0.340 e. The van der Waals surface area contributed by atoms with E-state index in [1.807, 2.05) is 4.90 Å². The van der Waals surface area contributed by atoms with Crippen molar-refractivity contribution < 1.29 is 4.79 Å². The van der Waals surface area contributed by atoms with Crippen molar-refractivity contribution in [3.8, 4) is 0 Å². The predicted molar refractivity (Wildman–Crippen MR) is 76.7 cm³/mol. The number of fused-ring (bicyclic) bond motifs is 2. The molecular weight excluding hydrogens is 246 g/mol. The molecule has 0 aromatic rings. The monoisotopic (exact) mass is 271 g/mol. The average molecular weight is 271 g/mol. The molecule has 5 heteroatoms. The second kappa shape index (κ2) is 6.26. The quantitative estimate of drug-likeness (QED) is 0.820. The van der Waals surface area contributed by atoms with Crippen molar-refractivity contribution in [2.24, 2.45) is 5.73 Å². The van der Waals surface area contributed by atoms with Crippen LogP contribution in [0, 0.1) is 0 Å². The topological polar surface area (TPSA) is 49.6 Å². The first-order chi connectivity index (χ1) is 8.63. The van der Waals surface area contributed by atoms with Gasteiger partial charge in [-0.2, -0.15) is 11.8 Å². The minimum atomic E-state index is -0.306. The Labute approximate surface area is 114 Å². The summed E-state index contributed by atoms with van der Waals surface area (Å²) in [7, 11) is 2.20. The van der Waals surface area contributed by atoms with Gasteiger partial charge in [0, 0.05) is 25.2 Å². The standard InChI is InChI=1S/C13H25N3OS/c1-15-10-3-4-11(15)9-16(7-5-10)13(17)12(14)6-8-18-2/h10-12H,3-9,14H2,1-2H3/t10?,11?,12-/m1/s1. The van der Waals surface area contributed by atoms with Crippen molar-refractivity contribution >= 4 is 17.7 Å². The van der Waals surface area contributed by atoms with E-state index in [9.17, 15) is 4.79 Å². The first-order valence-corrected chi connectivity index (χ1v) is 8.28. The van der Waals surface area contributed by atoms with E-state index in [-0.39, 0.29) is 11.9 Å². The van der Waals surface area contributed by atoms with Crippen LogP contribution in [0.15, 0.2) is 0 Å². The van der Waals surface area contributed by atoms with Crippen LogP contribution in [0.5, 0.6) is 0 Å². The summed E-state index contributed by atoms with van der Waals surface area (Å²) in [5.74, 6) is 1.12. The third-order valence-corrected chi connectivity index (χ3v) is 5.05. The Balaban J connectivity index is 1.91. The van der Waals surface area contributed by atoms with Gasteiger partial charge in [-0.3, -0.25) is 9.69 Å². The summed E-state index contributed by atoms with van der Waals surface area (Å²) in [5.41, 5.74) is 6.00. The lowest BCUT2D eigenvalue weighted by Gasteiger charge is -2.28. The minimum Gasteiger partial charge on any atom is -0.340 e. The minimum absolute atomic E-state index is 0.157. The van der Waals surface area contributed by atoms with Crippen molar-refractivity contribution in [3.05, 3.63) is 0 Å². The number of rotatable bonds is 4. The molecule has 2 fully saturated rings. The molecular formula is C13H25N3OS. The van der Waals surface area contributed by atoms with Crippen LogP contribution in [-0.2, 0) is 4.79 Å². The van der Waals surface area contributed by atoms with Gasteiger partial charge in [0.15, 0.2) is 0 Å². The Hall–Kier alpha value is -0.260. The summed E-state index contributed by atoms with van der Waals surface area (Å²) in [6.07, 6.45) is 6.47. The Morgan fingerprint density at radius 1 is 1.39 bits per heavy atom. The Bertz CT molecular complexity index is 300. The van der Waals surface area contributed by atoms with E-state index in [0.717, 1.165) is 31.7 Å². The number of carbonyl (C=O) groups excluding carboxylic acids is 1. The molecule has 0 radical (unpaired) electrons. The molecule has 2 rings (SSSR count). The van der Waals surface area contributed by atoms with Gasteiger partial charge < -0.3 is 10.6 Å². The molecule has 2 aliphatic heterocycles. The lowest BCUT2D eigenvalue weighted by atomic mass is 10.1. The van der Waals surface area contributed by atoms with Crippen LogP contribution in [-0.4, -0.2) is 66.0 Å². The summed E-state index contributed by atoms with van der Waals surface area (Å²) in [6, 6.07) is 0.920. The molecule has 18 heavy (non-hydrogen) atoms. The van der Waals surface area contributed by atoms with Gasteiger partial charge in [0.1, 0.15) is 0 Å². The molecule has 2 saturated heterocycles. The van der Waals surface area contributed by atoms with Crippen molar-refractivity contribution in [3.63, 3.8) is 0 Å². The summed E-state index contributed by atoms with van der Waals surface area (Å²) < 4.78 is 0. The first kappa shape index (κ1) is 14.2. The van der Waals surface area contributed by atoms with E-state index in [1.165, 1.54) is 12.8 Å². The van der Waals surface area contributed by atoms with Crippen LogP contribution in [0.2, 0.25) is 0 Å².